The summed E-state index contributed by atoms with van der Waals surface area (Å²) in [4.78, 5) is 8.02. The maximum absolute atomic E-state index is 9.01. The van der Waals surface area contributed by atoms with Gasteiger partial charge in [0, 0.05) is 6.61 Å². The molecule has 0 bridgehead atoms. The van der Waals surface area contributed by atoms with Crippen LogP contribution in [0.15, 0.2) is 6.20 Å². The third kappa shape index (κ3) is 1.82. The van der Waals surface area contributed by atoms with Gasteiger partial charge in [-0.25, -0.2) is 9.67 Å². The Labute approximate surface area is 108 Å². The van der Waals surface area contributed by atoms with Crippen molar-refractivity contribution in [1.29, 1.82) is 5.26 Å². The minimum Gasteiger partial charge on any atom is -0.356 e. The van der Waals surface area contributed by atoms with Crippen molar-refractivity contribution in [1.82, 2.24) is 19.7 Å². The minimum absolute atomic E-state index is 0.0524. The molecule has 2 aromatic rings. The van der Waals surface area contributed by atoms with Gasteiger partial charge >= 0.3 is 0 Å². The molecule has 0 saturated carbocycles. The first-order chi connectivity index (χ1) is 8.79. The summed E-state index contributed by atoms with van der Waals surface area (Å²) < 4.78 is 7.34. The van der Waals surface area contributed by atoms with Crippen molar-refractivity contribution in [3.05, 3.63) is 17.2 Å². The largest absolute Gasteiger partial charge is 0.356 e. The maximum Gasteiger partial charge on any atom is 0.225 e. The van der Waals surface area contributed by atoms with Gasteiger partial charge in [0.25, 0.3) is 0 Å². The summed E-state index contributed by atoms with van der Waals surface area (Å²) in [5.74, 6) is 0. The van der Waals surface area contributed by atoms with Crippen LogP contribution in [0.25, 0.3) is 11.0 Å². The van der Waals surface area contributed by atoms with E-state index in [9.17, 15) is 0 Å². The molecule has 1 atom stereocenters. The third-order valence-corrected chi connectivity index (χ3v) is 3.13. The summed E-state index contributed by atoms with van der Waals surface area (Å²) in [7, 11) is 0. The summed E-state index contributed by atoms with van der Waals surface area (Å²) in [6.07, 6.45) is 4.50. The van der Waals surface area contributed by atoms with E-state index in [-0.39, 0.29) is 17.2 Å². The Balaban J connectivity index is 2.13. The van der Waals surface area contributed by atoms with Crippen molar-refractivity contribution >= 4 is 22.6 Å². The second-order valence-electron chi connectivity index (χ2n) is 4.10. The van der Waals surface area contributed by atoms with Crippen LogP contribution in [0.2, 0.25) is 5.28 Å². The number of hydrogen-bond donors (Lipinski definition) is 0. The Morgan fingerprint density at radius 3 is 3.06 bits per heavy atom. The number of ether oxygens (including phenoxy) is 1. The fraction of sp³-hybridized carbons (Fsp3) is 0.455. The van der Waals surface area contributed by atoms with Crippen molar-refractivity contribution in [2.75, 3.05) is 6.61 Å². The third-order valence-electron chi connectivity index (χ3n) is 2.96. The van der Waals surface area contributed by atoms with Crippen LogP contribution >= 0.6 is 11.6 Å². The van der Waals surface area contributed by atoms with Gasteiger partial charge in [-0.15, -0.1) is 0 Å². The average molecular weight is 264 g/mol. The van der Waals surface area contributed by atoms with E-state index < -0.39 is 0 Å². The fourth-order valence-electron chi connectivity index (χ4n) is 2.11. The van der Waals surface area contributed by atoms with Crippen LogP contribution in [-0.4, -0.2) is 26.4 Å². The van der Waals surface area contributed by atoms with Gasteiger partial charge in [-0.3, -0.25) is 0 Å². The van der Waals surface area contributed by atoms with E-state index in [1.165, 1.54) is 0 Å². The summed E-state index contributed by atoms with van der Waals surface area (Å²) in [5.41, 5.74) is 0.797. The van der Waals surface area contributed by atoms with E-state index in [1.807, 2.05) is 6.07 Å². The molecule has 0 aromatic carbocycles. The van der Waals surface area contributed by atoms with Gasteiger partial charge in [0.05, 0.1) is 11.6 Å². The van der Waals surface area contributed by atoms with Crippen molar-refractivity contribution in [2.24, 2.45) is 0 Å². The van der Waals surface area contributed by atoms with E-state index >= 15 is 0 Å². The Morgan fingerprint density at radius 1 is 1.44 bits per heavy atom. The first kappa shape index (κ1) is 11.4. The molecule has 1 unspecified atom stereocenters. The van der Waals surface area contributed by atoms with E-state index in [2.05, 4.69) is 15.1 Å². The number of fused-ring (bicyclic) bond motifs is 1. The number of halogens is 1. The Hall–Kier alpha value is -1.71. The lowest BCUT2D eigenvalue weighted by molar-refractivity contribution is -0.0370. The lowest BCUT2D eigenvalue weighted by Crippen LogP contribution is -2.19. The zero-order valence-corrected chi connectivity index (χ0v) is 10.3. The van der Waals surface area contributed by atoms with E-state index in [4.69, 9.17) is 21.6 Å². The Morgan fingerprint density at radius 2 is 2.33 bits per heavy atom. The molecule has 3 rings (SSSR count). The van der Waals surface area contributed by atoms with E-state index in [0.29, 0.717) is 11.0 Å². The maximum atomic E-state index is 9.01. The molecule has 0 N–H and O–H groups in total. The zero-order valence-electron chi connectivity index (χ0n) is 9.51. The highest BCUT2D eigenvalue weighted by atomic mass is 35.5. The predicted octanol–water partition coefficient (Wildman–Crippen LogP) is 2.05. The quantitative estimate of drug-likeness (QED) is 0.736. The molecule has 1 saturated heterocycles. The number of hydrogen-bond acceptors (Lipinski definition) is 5. The second-order valence-corrected chi connectivity index (χ2v) is 4.44. The number of rotatable bonds is 1. The molecule has 7 heteroatoms. The van der Waals surface area contributed by atoms with Gasteiger partial charge in [-0.05, 0) is 30.9 Å². The second kappa shape index (κ2) is 4.52. The highest BCUT2D eigenvalue weighted by molar-refractivity contribution is 6.28. The summed E-state index contributed by atoms with van der Waals surface area (Å²) in [6.45, 7) is 0.718. The van der Waals surface area contributed by atoms with Gasteiger partial charge < -0.3 is 4.74 Å². The molecule has 1 aliphatic rings. The molecule has 0 amide bonds. The highest BCUT2D eigenvalue weighted by Crippen LogP contribution is 2.26. The standard InChI is InChI=1S/C11H10ClN5O/c12-11-15-8(5-13)7-6-14-17(10(7)16-11)9-3-1-2-4-18-9/h6,9H,1-4H2. The first-order valence-corrected chi connectivity index (χ1v) is 6.10. The van der Waals surface area contributed by atoms with Crippen molar-refractivity contribution in [2.45, 2.75) is 25.5 Å². The van der Waals surface area contributed by atoms with Crippen LogP contribution in [0.5, 0.6) is 0 Å². The van der Waals surface area contributed by atoms with Gasteiger partial charge in [0.1, 0.15) is 6.07 Å². The van der Waals surface area contributed by atoms with Crippen LogP contribution in [0.3, 0.4) is 0 Å². The molecule has 3 heterocycles. The number of nitriles is 1. The topological polar surface area (TPSA) is 76.6 Å². The van der Waals surface area contributed by atoms with Crippen LogP contribution in [0, 0.1) is 11.3 Å². The van der Waals surface area contributed by atoms with Crippen LogP contribution in [0.4, 0.5) is 0 Å². The molecule has 6 nitrogen and oxygen atoms in total. The Kier molecular flexibility index (Phi) is 2.86. The van der Waals surface area contributed by atoms with Gasteiger partial charge in [-0.1, -0.05) is 0 Å². The number of aromatic nitrogens is 4. The van der Waals surface area contributed by atoms with Gasteiger partial charge in [0.15, 0.2) is 17.6 Å². The van der Waals surface area contributed by atoms with Gasteiger partial charge in [-0.2, -0.15) is 15.3 Å². The molecule has 1 aliphatic heterocycles. The lowest BCUT2D eigenvalue weighted by atomic mass is 10.2. The molecule has 0 radical (unpaired) electrons. The van der Waals surface area contributed by atoms with Crippen LogP contribution in [-0.2, 0) is 4.74 Å². The summed E-state index contributed by atoms with van der Waals surface area (Å²) >= 11 is 5.82. The van der Waals surface area contributed by atoms with Crippen LogP contribution < -0.4 is 0 Å². The van der Waals surface area contributed by atoms with E-state index in [0.717, 1.165) is 25.9 Å². The van der Waals surface area contributed by atoms with Crippen molar-refractivity contribution in [3.8, 4) is 6.07 Å². The van der Waals surface area contributed by atoms with Gasteiger partial charge in [0.2, 0.25) is 5.28 Å². The number of nitrogens with zero attached hydrogens (tertiary/aromatic N) is 5. The Bertz CT molecular complexity index is 626. The van der Waals surface area contributed by atoms with Crippen molar-refractivity contribution < 1.29 is 4.74 Å². The molecule has 92 valence electrons. The molecule has 1 fully saturated rings. The molecule has 0 spiro atoms. The van der Waals surface area contributed by atoms with Crippen LogP contribution in [0.1, 0.15) is 31.2 Å². The normalized spacial score (nSPS) is 19.9. The lowest BCUT2D eigenvalue weighted by Gasteiger charge is -2.22. The SMILES string of the molecule is N#Cc1nc(Cl)nc2c1cnn2C1CCCCO1. The molecule has 2 aromatic heterocycles. The molecule has 0 aliphatic carbocycles. The molecular weight excluding hydrogens is 254 g/mol. The molecule has 18 heavy (non-hydrogen) atoms. The summed E-state index contributed by atoms with van der Waals surface area (Å²) in [6, 6.07) is 2.00. The highest BCUT2D eigenvalue weighted by Gasteiger charge is 2.21. The predicted molar refractivity (Wildman–Crippen MR) is 63.9 cm³/mol. The monoisotopic (exact) mass is 263 g/mol. The smallest absolute Gasteiger partial charge is 0.225 e. The fourth-order valence-corrected chi connectivity index (χ4v) is 2.28. The minimum atomic E-state index is -0.131. The zero-order chi connectivity index (χ0) is 12.5. The van der Waals surface area contributed by atoms with Crippen molar-refractivity contribution in [3.63, 3.8) is 0 Å². The molecular formula is C11H10ClN5O. The summed E-state index contributed by atoms with van der Waals surface area (Å²) in [5, 5.41) is 13.9. The first-order valence-electron chi connectivity index (χ1n) is 5.72. The van der Waals surface area contributed by atoms with E-state index in [1.54, 1.807) is 10.9 Å². The average Bonchev–Trinajstić information content (AvgIpc) is 2.82.